The molecule has 1 rings (SSSR count). The molecule has 0 heterocycles. The number of Topliss-reactive ketones (excluding diaryl/α,β-unsaturated/α-hetero) is 1. The zero-order chi connectivity index (χ0) is 12.3. The molecule has 0 spiro atoms. The fraction of sp³-hybridized carbons (Fsp3) is 0.667. The number of rotatable bonds is 3. The summed E-state index contributed by atoms with van der Waals surface area (Å²) in [6.07, 6.45) is 3.27. The summed E-state index contributed by atoms with van der Waals surface area (Å²) in [6.45, 7) is 5.71. The SMILES string of the molecule is CC1=CCC(C(C)(C)NC(=O)CCl)CC1=O. The summed E-state index contributed by atoms with van der Waals surface area (Å²) in [5, 5.41) is 2.86. The highest BCUT2D eigenvalue weighted by Gasteiger charge is 2.33. The van der Waals surface area contributed by atoms with Crippen molar-refractivity contribution in [1.29, 1.82) is 0 Å². The van der Waals surface area contributed by atoms with Gasteiger partial charge in [-0.15, -0.1) is 11.6 Å². The van der Waals surface area contributed by atoms with Crippen LogP contribution in [0.1, 0.15) is 33.6 Å². The second-order valence-corrected chi connectivity index (χ2v) is 5.12. The molecule has 0 saturated heterocycles. The Morgan fingerprint density at radius 1 is 1.62 bits per heavy atom. The molecule has 0 fully saturated rings. The molecule has 0 aromatic rings. The van der Waals surface area contributed by atoms with Crippen LogP contribution in [0.25, 0.3) is 0 Å². The van der Waals surface area contributed by atoms with E-state index in [0.717, 1.165) is 12.0 Å². The summed E-state index contributed by atoms with van der Waals surface area (Å²) in [7, 11) is 0. The van der Waals surface area contributed by atoms with Gasteiger partial charge in [-0.05, 0) is 38.7 Å². The molecule has 4 heteroatoms. The van der Waals surface area contributed by atoms with E-state index in [1.54, 1.807) is 0 Å². The predicted octanol–water partition coefficient (Wildman–Crippen LogP) is 2.05. The topological polar surface area (TPSA) is 46.2 Å². The van der Waals surface area contributed by atoms with Gasteiger partial charge >= 0.3 is 0 Å². The van der Waals surface area contributed by atoms with Gasteiger partial charge in [-0.3, -0.25) is 9.59 Å². The molecule has 16 heavy (non-hydrogen) atoms. The molecule has 1 atom stereocenters. The van der Waals surface area contributed by atoms with E-state index in [2.05, 4.69) is 5.32 Å². The summed E-state index contributed by atoms with van der Waals surface area (Å²) in [5.74, 6) is 0.0876. The monoisotopic (exact) mass is 243 g/mol. The first-order chi connectivity index (χ1) is 7.36. The molecular formula is C12H18ClNO2. The van der Waals surface area contributed by atoms with Crippen molar-refractivity contribution in [3.8, 4) is 0 Å². The Hall–Kier alpha value is -0.830. The predicted molar refractivity (Wildman–Crippen MR) is 64.4 cm³/mol. The zero-order valence-corrected chi connectivity index (χ0v) is 10.7. The highest BCUT2D eigenvalue weighted by molar-refractivity contribution is 6.27. The molecule has 0 bridgehead atoms. The maximum Gasteiger partial charge on any atom is 0.235 e. The number of halogens is 1. The highest BCUT2D eigenvalue weighted by Crippen LogP contribution is 2.29. The van der Waals surface area contributed by atoms with E-state index in [0.29, 0.717) is 6.42 Å². The summed E-state index contributed by atoms with van der Waals surface area (Å²) in [5.41, 5.74) is 0.439. The van der Waals surface area contributed by atoms with Crippen molar-refractivity contribution in [2.24, 2.45) is 5.92 Å². The van der Waals surface area contributed by atoms with E-state index in [9.17, 15) is 9.59 Å². The van der Waals surface area contributed by atoms with Gasteiger partial charge in [0.2, 0.25) is 5.91 Å². The van der Waals surface area contributed by atoms with Crippen molar-refractivity contribution in [2.45, 2.75) is 39.2 Å². The van der Waals surface area contributed by atoms with Crippen LogP contribution in [0, 0.1) is 5.92 Å². The maximum atomic E-state index is 11.6. The number of alkyl halides is 1. The first-order valence-electron chi connectivity index (χ1n) is 5.43. The van der Waals surface area contributed by atoms with E-state index in [4.69, 9.17) is 11.6 Å². The molecule has 0 radical (unpaired) electrons. The molecule has 1 amide bonds. The van der Waals surface area contributed by atoms with Crippen molar-refractivity contribution in [3.63, 3.8) is 0 Å². The smallest absolute Gasteiger partial charge is 0.235 e. The standard InChI is InChI=1S/C12H18ClNO2/c1-8-4-5-9(6-10(8)15)12(2,3)14-11(16)7-13/h4,9H,5-7H2,1-3H3,(H,14,16). The molecule has 3 nitrogen and oxygen atoms in total. The summed E-state index contributed by atoms with van der Waals surface area (Å²) in [6, 6.07) is 0. The normalized spacial score (nSPS) is 21.6. The van der Waals surface area contributed by atoms with Crippen molar-refractivity contribution >= 4 is 23.3 Å². The number of hydrogen-bond acceptors (Lipinski definition) is 2. The van der Waals surface area contributed by atoms with Crippen molar-refractivity contribution in [3.05, 3.63) is 11.6 Å². The van der Waals surface area contributed by atoms with Gasteiger partial charge in [0.1, 0.15) is 5.88 Å². The lowest BCUT2D eigenvalue weighted by Crippen LogP contribution is -2.50. The van der Waals surface area contributed by atoms with Crippen LogP contribution in [-0.2, 0) is 9.59 Å². The molecule has 0 aromatic heterocycles. The van der Waals surface area contributed by atoms with Gasteiger partial charge in [0.25, 0.3) is 0 Å². The van der Waals surface area contributed by atoms with Crippen LogP contribution < -0.4 is 5.32 Å². The fourth-order valence-corrected chi connectivity index (χ4v) is 2.01. The second-order valence-electron chi connectivity index (χ2n) is 4.85. The van der Waals surface area contributed by atoms with E-state index >= 15 is 0 Å². The number of carbonyl (C=O) groups is 2. The lowest BCUT2D eigenvalue weighted by atomic mass is 9.77. The molecule has 0 aromatic carbocycles. The molecule has 0 aliphatic heterocycles. The van der Waals surface area contributed by atoms with E-state index < -0.39 is 5.54 Å². The Labute approximate surface area is 101 Å². The molecular weight excluding hydrogens is 226 g/mol. The van der Waals surface area contributed by atoms with E-state index in [1.807, 2.05) is 26.8 Å². The molecule has 1 N–H and O–H groups in total. The summed E-state index contributed by atoms with van der Waals surface area (Å²) >= 11 is 5.46. The molecule has 1 aliphatic carbocycles. The Balaban J connectivity index is 2.70. The average molecular weight is 244 g/mol. The number of carbonyl (C=O) groups excluding carboxylic acids is 2. The van der Waals surface area contributed by atoms with Crippen LogP contribution in [0.3, 0.4) is 0 Å². The van der Waals surface area contributed by atoms with Gasteiger partial charge in [-0.25, -0.2) is 0 Å². The zero-order valence-electron chi connectivity index (χ0n) is 9.97. The summed E-state index contributed by atoms with van der Waals surface area (Å²) < 4.78 is 0. The quantitative estimate of drug-likeness (QED) is 0.772. The molecule has 1 unspecified atom stereocenters. The molecule has 0 saturated carbocycles. The van der Waals surface area contributed by atoms with Crippen LogP contribution in [0.15, 0.2) is 11.6 Å². The van der Waals surface area contributed by atoms with Crippen LogP contribution in [0.4, 0.5) is 0 Å². The number of amides is 1. The third-order valence-corrected chi connectivity index (χ3v) is 3.43. The van der Waals surface area contributed by atoms with Crippen LogP contribution in [0.2, 0.25) is 0 Å². The largest absolute Gasteiger partial charge is 0.350 e. The number of ketones is 1. The molecule has 90 valence electrons. The minimum absolute atomic E-state index is 0.0427. The highest BCUT2D eigenvalue weighted by atomic mass is 35.5. The van der Waals surface area contributed by atoms with Gasteiger partial charge in [0.05, 0.1) is 0 Å². The Morgan fingerprint density at radius 3 is 2.75 bits per heavy atom. The second kappa shape index (κ2) is 5.00. The van der Waals surface area contributed by atoms with Crippen LogP contribution >= 0.6 is 11.6 Å². The minimum Gasteiger partial charge on any atom is -0.350 e. The lowest BCUT2D eigenvalue weighted by molar-refractivity contribution is -0.122. The van der Waals surface area contributed by atoms with Gasteiger partial charge in [0.15, 0.2) is 5.78 Å². The Morgan fingerprint density at radius 2 is 2.25 bits per heavy atom. The van der Waals surface area contributed by atoms with Gasteiger partial charge < -0.3 is 5.32 Å². The van der Waals surface area contributed by atoms with Crippen LogP contribution in [-0.4, -0.2) is 23.1 Å². The van der Waals surface area contributed by atoms with Gasteiger partial charge in [-0.2, -0.15) is 0 Å². The first kappa shape index (κ1) is 13.2. The van der Waals surface area contributed by atoms with Crippen molar-refractivity contribution in [2.75, 3.05) is 5.88 Å². The maximum absolute atomic E-state index is 11.6. The van der Waals surface area contributed by atoms with Gasteiger partial charge in [-0.1, -0.05) is 6.08 Å². The number of nitrogens with one attached hydrogen (secondary N) is 1. The van der Waals surface area contributed by atoms with E-state index in [-0.39, 0.29) is 23.5 Å². The minimum atomic E-state index is -0.390. The number of hydrogen-bond donors (Lipinski definition) is 1. The van der Waals surface area contributed by atoms with Gasteiger partial charge in [0, 0.05) is 12.0 Å². The van der Waals surface area contributed by atoms with Crippen molar-refractivity contribution < 1.29 is 9.59 Å². The summed E-state index contributed by atoms with van der Waals surface area (Å²) in [4.78, 5) is 22.9. The average Bonchev–Trinajstić information content (AvgIpc) is 2.21. The fourth-order valence-electron chi connectivity index (χ4n) is 1.95. The van der Waals surface area contributed by atoms with Crippen LogP contribution in [0.5, 0.6) is 0 Å². The first-order valence-corrected chi connectivity index (χ1v) is 5.97. The Bertz CT molecular complexity index is 334. The third kappa shape index (κ3) is 3.08. The Kier molecular flexibility index (Phi) is 4.14. The third-order valence-electron chi connectivity index (χ3n) is 3.18. The lowest BCUT2D eigenvalue weighted by Gasteiger charge is -2.36. The molecule has 1 aliphatic rings. The number of allylic oxidation sites excluding steroid dienone is 2. The van der Waals surface area contributed by atoms with Crippen molar-refractivity contribution in [1.82, 2.24) is 5.32 Å². The van der Waals surface area contributed by atoms with E-state index in [1.165, 1.54) is 0 Å².